The molecular weight excluding hydrogens is 268 g/mol. The molecule has 3 rings (SSSR count). The van der Waals surface area contributed by atoms with Gasteiger partial charge in [0.05, 0.1) is 4.92 Å². The second-order valence-corrected chi connectivity index (χ2v) is 5.09. The van der Waals surface area contributed by atoms with Crippen molar-refractivity contribution >= 4 is 17.3 Å². The molecule has 0 spiro atoms. The van der Waals surface area contributed by atoms with E-state index in [1.165, 1.54) is 17.2 Å². The van der Waals surface area contributed by atoms with E-state index in [9.17, 15) is 10.1 Å². The minimum atomic E-state index is -0.510. The van der Waals surface area contributed by atoms with Gasteiger partial charge in [0.25, 0.3) is 0 Å². The smallest absolute Gasteiger partial charge is 0.311 e. The van der Waals surface area contributed by atoms with Gasteiger partial charge in [-0.2, -0.15) is 0 Å². The summed E-state index contributed by atoms with van der Waals surface area (Å²) in [5.74, 6) is 0.671. The lowest BCUT2D eigenvalue weighted by Gasteiger charge is -2.21. The fraction of sp³-hybridized carbons (Fsp3) is 0.267. The molecule has 0 bridgehead atoms. The summed E-state index contributed by atoms with van der Waals surface area (Å²) in [5, 5.41) is 10.8. The van der Waals surface area contributed by atoms with Crippen LogP contribution in [0.5, 0.6) is 0 Å². The maximum atomic E-state index is 10.8. The second kappa shape index (κ2) is 5.40. The number of rotatable bonds is 2. The lowest BCUT2D eigenvalue weighted by atomic mass is 10.0. The normalized spacial score (nSPS) is 14.4. The number of hydrogen-bond donors (Lipinski definition) is 1. The Bertz CT molecular complexity index is 660. The lowest BCUT2D eigenvalue weighted by molar-refractivity contribution is -0.384. The van der Waals surface area contributed by atoms with E-state index in [2.05, 4.69) is 34.1 Å². The number of nitrogen functional groups attached to an aromatic ring is 1. The van der Waals surface area contributed by atoms with Crippen molar-refractivity contribution in [3.63, 3.8) is 0 Å². The fourth-order valence-corrected chi connectivity index (χ4v) is 2.68. The molecule has 2 heterocycles. The lowest BCUT2D eigenvalue weighted by Crippen LogP contribution is -2.27. The number of nitrogens with zero attached hydrogens (tertiary/aromatic N) is 3. The Kier molecular flexibility index (Phi) is 3.43. The molecule has 2 aromatic rings. The standard InChI is InChI=1S/C15H16N4O2/c16-15-13(19(20)21)5-6-14(17-15)18-9-7-11-3-1-2-4-12(11)8-10-18/h1-6H,7-10H2,(H2,16,17). The molecule has 0 unspecified atom stereocenters. The molecule has 0 saturated carbocycles. The van der Waals surface area contributed by atoms with E-state index in [1.54, 1.807) is 6.07 Å². The average molecular weight is 284 g/mol. The van der Waals surface area contributed by atoms with Gasteiger partial charge in [-0.25, -0.2) is 4.98 Å². The predicted molar refractivity (Wildman–Crippen MR) is 81.4 cm³/mol. The molecule has 0 aliphatic carbocycles. The van der Waals surface area contributed by atoms with E-state index in [4.69, 9.17) is 5.73 Å². The Labute approximate surface area is 122 Å². The van der Waals surface area contributed by atoms with Crippen LogP contribution < -0.4 is 10.6 Å². The largest absolute Gasteiger partial charge is 0.378 e. The SMILES string of the molecule is Nc1nc(N2CCc3ccccc3CC2)ccc1[N+](=O)[O-]. The van der Waals surface area contributed by atoms with Gasteiger partial charge in [-0.15, -0.1) is 0 Å². The summed E-state index contributed by atoms with van der Waals surface area (Å²) < 4.78 is 0. The van der Waals surface area contributed by atoms with E-state index in [1.807, 2.05) is 0 Å². The molecule has 1 aliphatic rings. The zero-order valence-corrected chi connectivity index (χ0v) is 11.5. The Hall–Kier alpha value is -2.63. The van der Waals surface area contributed by atoms with Crippen LogP contribution in [0.3, 0.4) is 0 Å². The Morgan fingerprint density at radius 2 is 1.71 bits per heavy atom. The molecule has 1 aromatic heterocycles. The Morgan fingerprint density at radius 3 is 2.24 bits per heavy atom. The Morgan fingerprint density at radius 1 is 1.10 bits per heavy atom. The van der Waals surface area contributed by atoms with Crippen LogP contribution >= 0.6 is 0 Å². The number of aromatic nitrogens is 1. The fourth-order valence-electron chi connectivity index (χ4n) is 2.68. The summed E-state index contributed by atoms with van der Waals surface area (Å²) in [6, 6.07) is 11.5. The monoisotopic (exact) mass is 284 g/mol. The molecule has 0 fully saturated rings. The van der Waals surface area contributed by atoms with Crippen molar-refractivity contribution in [2.24, 2.45) is 0 Å². The number of anilines is 2. The summed E-state index contributed by atoms with van der Waals surface area (Å²) in [5.41, 5.74) is 8.24. The van der Waals surface area contributed by atoms with Gasteiger partial charge in [-0.3, -0.25) is 10.1 Å². The number of hydrogen-bond acceptors (Lipinski definition) is 5. The topological polar surface area (TPSA) is 85.3 Å². The molecule has 1 aromatic carbocycles. The molecule has 6 heteroatoms. The maximum Gasteiger partial charge on any atom is 0.311 e. The molecule has 6 nitrogen and oxygen atoms in total. The minimum absolute atomic E-state index is 0.0285. The highest BCUT2D eigenvalue weighted by molar-refractivity contribution is 5.58. The van der Waals surface area contributed by atoms with Crippen molar-refractivity contribution < 1.29 is 4.92 Å². The van der Waals surface area contributed by atoms with Crippen LogP contribution in [0.25, 0.3) is 0 Å². The molecule has 2 N–H and O–H groups in total. The zero-order chi connectivity index (χ0) is 14.8. The highest BCUT2D eigenvalue weighted by Crippen LogP contribution is 2.25. The zero-order valence-electron chi connectivity index (χ0n) is 11.5. The van der Waals surface area contributed by atoms with Gasteiger partial charge >= 0.3 is 5.69 Å². The van der Waals surface area contributed by atoms with Crippen molar-refractivity contribution in [1.29, 1.82) is 0 Å². The van der Waals surface area contributed by atoms with Crippen molar-refractivity contribution in [3.8, 4) is 0 Å². The van der Waals surface area contributed by atoms with Crippen molar-refractivity contribution in [1.82, 2.24) is 4.98 Å². The number of nitrogens with two attached hydrogens (primary N) is 1. The van der Waals surface area contributed by atoms with Gasteiger partial charge in [-0.05, 0) is 30.0 Å². The number of fused-ring (bicyclic) bond motifs is 1. The average Bonchev–Trinajstić information content (AvgIpc) is 2.69. The first-order valence-electron chi connectivity index (χ1n) is 6.88. The predicted octanol–water partition coefficient (Wildman–Crippen LogP) is 2.18. The summed E-state index contributed by atoms with van der Waals surface area (Å²) in [4.78, 5) is 16.6. The van der Waals surface area contributed by atoms with Crippen LogP contribution in [0.1, 0.15) is 11.1 Å². The summed E-state index contributed by atoms with van der Waals surface area (Å²) >= 11 is 0. The number of benzene rings is 1. The van der Waals surface area contributed by atoms with Crippen LogP contribution in [-0.2, 0) is 12.8 Å². The van der Waals surface area contributed by atoms with Crippen LogP contribution in [0.2, 0.25) is 0 Å². The first kappa shape index (κ1) is 13.4. The van der Waals surface area contributed by atoms with Gasteiger partial charge in [0, 0.05) is 19.2 Å². The third kappa shape index (κ3) is 2.65. The van der Waals surface area contributed by atoms with Crippen molar-refractivity contribution in [3.05, 3.63) is 57.6 Å². The van der Waals surface area contributed by atoms with E-state index < -0.39 is 4.92 Å². The third-order valence-electron chi connectivity index (χ3n) is 3.83. The van der Waals surface area contributed by atoms with Crippen molar-refractivity contribution in [2.45, 2.75) is 12.8 Å². The highest BCUT2D eigenvalue weighted by Gasteiger charge is 2.18. The highest BCUT2D eigenvalue weighted by atomic mass is 16.6. The number of pyridine rings is 1. The molecule has 0 amide bonds. The quantitative estimate of drug-likeness (QED) is 0.674. The first-order chi connectivity index (χ1) is 10.1. The van der Waals surface area contributed by atoms with E-state index >= 15 is 0 Å². The molecule has 0 saturated heterocycles. The van der Waals surface area contributed by atoms with Crippen LogP contribution in [0.4, 0.5) is 17.3 Å². The molecule has 0 radical (unpaired) electrons. The van der Waals surface area contributed by atoms with E-state index in [0.29, 0.717) is 5.82 Å². The molecular formula is C15H16N4O2. The molecule has 1 aliphatic heterocycles. The Balaban J connectivity index is 1.83. The van der Waals surface area contributed by atoms with Gasteiger partial charge in [0.15, 0.2) is 0 Å². The van der Waals surface area contributed by atoms with Gasteiger partial charge in [-0.1, -0.05) is 24.3 Å². The van der Waals surface area contributed by atoms with E-state index in [-0.39, 0.29) is 11.5 Å². The minimum Gasteiger partial charge on any atom is -0.378 e. The van der Waals surface area contributed by atoms with Crippen molar-refractivity contribution in [2.75, 3.05) is 23.7 Å². The maximum absolute atomic E-state index is 10.8. The van der Waals surface area contributed by atoms with Gasteiger partial charge in [0.2, 0.25) is 5.82 Å². The summed E-state index contributed by atoms with van der Waals surface area (Å²) in [6.45, 7) is 1.67. The van der Waals surface area contributed by atoms with Gasteiger partial charge < -0.3 is 10.6 Å². The third-order valence-corrected chi connectivity index (χ3v) is 3.83. The summed E-state index contributed by atoms with van der Waals surface area (Å²) in [7, 11) is 0. The summed E-state index contributed by atoms with van der Waals surface area (Å²) in [6.07, 6.45) is 1.88. The molecule has 21 heavy (non-hydrogen) atoms. The van der Waals surface area contributed by atoms with Crippen LogP contribution in [0.15, 0.2) is 36.4 Å². The molecule has 108 valence electrons. The van der Waals surface area contributed by atoms with Gasteiger partial charge in [0.1, 0.15) is 5.82 Å². The van der Waals surface area contributed by atoms with Crippen LogP contribution in [-0.4, -0.2) is 23.0 Å². The van der Waals surface area contributed by atoms with E-state index in [0.717, 1.165) is 25.9 Å². The first-order valence-corrected chi connectivity index (χ1v) is 6.88. The molecule has 0 atom stereocenters. The number of nitro groups is 1. The van der Waals surface area contributed by atoms with Crippen LogP contribution in [0, 0.1) is 10.1 Å². The second-order valence-electron chi connectivity index (χ2n) is 5.09.